The van der Waals surface area contributed by atoms with Crippen LogP contribution in [0.15, 0.2) is 59.3 Å². The van der Waals surface area contributed by atoms with E-state index in [-0.39, 0.29) is 39.6 Å². The molecular weight excluding hydrogens is 765 g/mol. The van der Waals surface area contributed by atoms with Crippen LogP contribution in [0.3, 0.4) is 0 Å². The van der Waals surface area contributed by atoms with Gasteiger partial charge in [0.15, 0.2) is 34.1 Å². The van der Waals surface area contributed by atoms with E-state index in [0.29, 0.717) is 18.1 Å². The van der Waals surface area contributed by atoms with Crippen molar-refractivity contribution in [1.29, 1.82) is 0 Å². The summed E-state index contributed by atoms with van der Waals surface area (Å²) in [5, 5.41) is 3.48. The van der Waals surface area contributed by atoms with Crippen molar-refractivity contribution in [3.05, 3.63) is 91.8 Å². The molecule has 0 aliphatic carbocycles. The van der Waals surface area contributed by atoms with Crippen molar-refractivity contribution in [2.24, 2.45) is 0 Å². The predicted octanol–water partition coefficient (Wildman–Crippen LogP) is 10.8. The van der Waals surface area contributed by atoms with E-state index in [4.69, 9.17) is 14.2 Å². The zero-order valence-corrected chi connectivity index (χ0v) is 36.3. The van der Waals surface area contributed by atoms with E-state index in [1.807, 2.05) is 50.2 Å². The fourth-order valence-electron chi connectivity index (χ4n) is 5.17. The Balaban J connectivity index is 0.000000377. The number of carbonyl (C=O) groups is 4. The number of hydrogen-bond acceptors (Lipinski definition) is 13. The van der Waals surface area contributed by atoms with Gasteiger partial charge in [-0.25, -0.2) is 19.6 Å². The SMILES string of the molecule is CC.CCCCCCCCc1ccc(OC(C)C(=O)c2nc(C(=O)OC)cs2)cc1.CCCCCCOCc1ccc(OCC(=O)c2nc(C(=O)OC)cs2)cc1. The number of carbonyl (C=O) groups excluding carboxylic acids is 4. The molecule has 0 saturated heterocycles. The number of aromatic nitrogens is 2. The molecular formula is C44H60N2O9S2. The topological polar surface area (TPSA) is 140 Å². The van der Waals surface area contributed by atoms with Gasteiger partial charge in [0, 0.05) is 17.4 Å². The second-order valence-corrected chi connectivity index (χ2v) is 14.5. The Morgan fingerprint density at radius 2 is 1.16 bits per heavy atom. The summed E-state index contributed by atoms with van der Waals surface area (Å²) in [6.07, 6.45) is 12.9. The van der Waals surface area contributed by atoms with E-state index in [0.717, 1.165) is 47.7 Å². The summed E-state index contributed by atoms with van der Waals surface area (Å²) in [7, 11) is 2.55. The normalized spacial score (nSPS) is 10.9. The molecule has 0 spiro atoms. The smallest absolute Gasteiger partial charge is 0.357 e. The molecule has 1 atom stereocenters. The monoisotopic (exact) mass is 824 g/mol. The first-order valence-corrected chi connectivity index (χ1v) is 21.6. The molecule has 11 nitrogen and oxygen atoms in total. The Kier molecular flexibility index (Phi) is 24.7. The summed E-state index contributed by atoms with van der Waals surface area (Å²) in [6, 6.07) is 15.4. The minimum atomic E-state index is -0.680. The van der Waals surface area contributed by atoms with Crippen molar-refractivity contribution in [1.82, 2.24) is 9.97 Å². The maximum atomic E-state index is 12.5. The number of hydrogen-bond donors (Lipinski definition) is 0. The second kappa shape index (κ2) is 28.9. The number of thiazole rings is 2. The molecule has 0 fully saturated rings. The third-order valence-corrected chi connectivity index (χ3v) is 10.1. The molecule has 57 heavy (non-hydrogen) atoms. The molecule has 0 saturated carbocycles. The lowest BCUT2D eigenvalue weighted by Crippen LogP contribution is -2.24. The Labute approximate surface area is 346 Å². The van der Waals surface area contributed by atoms with Gasteiger partial charge < -0.3 is 23.7 Å². The van der Waals surface area contributed by atoms with Crippen molar-refractivity contribution in [2.45, 2.75) is 118 Å². The number of rotatable bonds is 24. The fraction of sp³-hybridized carbons (Fsp3) is 0.500. The average molecular weight is 825 g/mol. The largest absolute Gasteiger partial charge is 0.485 e. The molecule has 1 unspecified atom stereocenters. The van der Waals surface area contributed by atoms with Crippen molar-refractivity contribution < 1.29 is 42.9 Å². The molecule has 2 aromatic carbocycles. The lowest BCUT2D eigenvalue weighted by molar-refractivity contribution is 0.0585. The molecule has 13 heteroatoms. The van der Waals surface area contributed by atoms with E-state index in [9.17, 15) is 19.2 Å². The van der Waals surface area contributed by atoms with E-state index in [1.54, 1.807) is 6.92 Å². The van der Waals surface area contributed by atoms with Crippen LogP contribution in [-0.4, -0.2) is 67.0 Å². The van der Waals surface area contributed by atoms with E-state index >= 15 is 0 Å². The first-order chi connectivity index (χ1) is 27.7. The van der Waals surface area contributed by atoms with Gasteiger partial charge in [0.25, 0.3) is 0 Å². The van der Waals surface area contributed by atoms with Gasteiger partial charge >= 0.3 is 11.9 Å². The van der Waals surface area contributed by atoms with Crippen LogP contribution >= 0.6 is 22.7 Å². The van der Waals surface area contributed by atoms with Crippen molar-refractivity contribution >= 4 is 46.2 Å². The molecule has 312 valence electrons. The van der Waals surface area contributed by atoms with Crippen LogP contribution in [-0.2, 0) is 27.2 Å². The molecule has 0 amide bonds. The third-order valence-electron chi connectivity index (χ3n) is 8.38. The molecule has 4 aromatic rings. The van der Waals surface area contributed by atoms with E-state index < -0.39 is 18.0 Å². The molecule has 2 heterocycles. The van der Waals surface area contributed by atoms with Crippen LogP contribution in [0.5, 0.6) is 11.5 Å². The Morgan fingerprint density at radius 1 is 0.649 bits per heavy atom. The summed E-state index contributed by atoms with van der Waals surface area (Å²) in [6.45, 7) is 11.3. The maximum absolute atomic E-state index is 12.5. The number of aryl methyl sites for hydroxylation is 1. The number of benzene rings is 2. The lowest BCUT2D eigenvalue weighted by Gasteiger charge is -2.13. The summed E-state index contributed by atoms with van der Waals surface area (Å²) in [5.74, 6) is -0.401. The lowest BCUT2D eigenvalue weighted by atomic mass is 10.0. The highest BCUT2D eigenvalue weighted by Gasteiger charge is 2.22. The molecule has 0 radical (unpaired) electrons. The Bertz CT molecular complexity index is 1740. The van der Waals surface area contributed by atoms with Crippen LogP contribution < -0.4 is 9.47 Å². The standard InChI is InChI=1S/C22H29NO4S.C20H25NO5S.C2H6/c1-4-5-6-7-8-9-10-17-11-13-18(14-12-17)27-16(2)20(24)21-23-19(15-28-21)22(25)26-3;1-3-4-5-6-11-25-12-15-7-9-16(10-8-15)26-13-18(22)19-21-17(14-27-19)20(23)24-2;1-2/h11-16H,4-10H2,1-3H3;7-10,14H,3-6,11-13H2,1-2H3;1-2H3. The first kappa shape index (κ1) is 48.7. The van der Waals surface area contributed by atoms with Crippen LogP contribution in [0.2, 0.25) is 0 Å². The number of unbranched alkanes of at least 4 members (excludes halogenated alkanes) is 8. The summed E-state index contributed by atoms with van der Waals surface area (Å²) in [4.78, 5) is 55.4. The maximum Gasteiger partial charge on any atom is 0.357 e. The number of nitrogens with zero attached hydrogens (tertiary/aromatic N) is 2. The second-order valence-electron chi connectivity index (χ2n) is 12.8. The van der Waals surface area contributed by atoms with E-state index in [1.165, 1.54) is 88.3 Å². The first-order valence-electron chi connectivity index (χ1n) is 19.9. The zero-order valence-electron chi connectivity index (χ0n) is 34.6. The highest BCUT2D eigenvalue weighted by atomic mass is 32.1. The van der Waals surface area contributed by atoms with Gasteiger partial charge in [-0.3, -0.25) is 9.59 Å². The summed E-state index contributed by atoms with van der Waals surface area (Å²) < 4.78 is 26.1. The van der Waals surface area contributed by atoms with Gasteiger partial charge in [-0.2, -0.15) is 0 Å². The Morgan fingerprint density at radius 3 is 1.75 bits per heavy atom. The quantitative estimate of drug-likeness (QED) is 0.0379. The van der Waals surface area contributed by atoms with Gasteiger partial charge in [-0.05, 0) is 61.6 Å². The van der Waals surface area contributed by atoms with Crippen LogP contribution in [0.4, 0.5) is 0 Å². The number of ether oxygens (including phenoxy) is 5. The highest BCUT2D eigenvalue weighted by Crippen LogP contribution is 2.20. The fourth-order valence-corrected chi connectivity index (χ4v) is 6.69. The minimum Gasteiger partial charge on any atom is -0.485 e. The molecule has 0 bridgehead atoms. The molecule has 0 N–H and O–H groups in total. The van der Waals surface area contributed by atoms with Crippen molar-refractivity contribution in [3.63, 3.8) is 0 Å². The van der Waals surface area contributed by atoms with Crippen molar-refractivity contribution in [2.75, 3.05) is 27.4 Å². The van der Waals surface area contributed by atoms with Crippen LogP contribution in [0.1, 0.15) is 151 Å². The van der Waals surface area contributed by atoms with Gasteiger partial charge in [0.2, 0.25) is 11.6 Å². The number of Topliss-reactive ketones (excluding diaryl/α,β-unsaturated/α-hetero) is 2. The summed E-state index contributed by atoms with van der Waals surface area (Å²) >= 11 is 2.21. The van der Waals surface area contributed by atoms with Gasteiger partial charge in [0.05, 0.1) is 20.8 Å². The van der Waals surface area contributed by atoms with Crippen molar-refractivity contribution in [3.8, 4) is 11.5 Å². The van der Waals surface area contributed by atoms with Gasteiger partial charge in [-0.15, -0.1) is 22.7 Å². The third kappa shape index (κ3) is 18.6. The Hall–Kier alpha value is -4.46. The highest BCUT2D eigenvalue weighted by molar-refractivity contribution is 7.12. The molecule has 4 rings (SSSR count). The molecule has 0 aliphatic rings. The minimum absolute atomic E-state index is 0.130. The predicted molar refractivity (Wildman–Crippen MR) is 226 cm³/mol. The van der Waals surface area contributed by atoms with Crippen LogP contribution in [0.25, 0.3) is 0 Å². The number of esters is 2. The molecule has 2 aromatic heterocycles. The number of methoxy groups -OCH3 is 2. The average Bonchev–Trinajstić information content (AvgIpc) is 3.95. The zero-order chi connectivity index (χ0) is 41.8. The van der Waals surface area contributed by atoms with Crippen LogP contribution in [0, 0.1) is 0 Å². The summed E-state index contributed by atoms with van der Waals surface area (Å²) in [5.41, 5.74) is 2.61. The molecule has 0 aliphatic heterocycles. The van der Waals surface area contributed by atoms with E-state index in [2.05, 4.69) is 45.4 Å². The number of ketones is 2. The van der Waals surface area contributed by atoms with Gasteiger partial charge in [-0.1, -0.05) is 103 Å². The van der Waals surface area contributed by atoms with Gasteiger partial charge in [0.1, 0.15) is 11.5 Å².